The number of amides is 4. The Hall–Kier alpha value is -3.69. The normalized spacial score (nSPS) is 17.7. The van der Waals surface area contributed by atoms with Crippen LogP contribution in [0, 0.1) is 17.8 Å². The van der Waals surface area contributed by atoms with E-state index in [1.54, 1.807) is 24.3 Å². The molecule has 10 nitrogen and oxygen atoms in total. The number of allylic oxidation sites excluding steroid dienone is 1. The molecule has 0 spiro atoms. The number of benzene rings is 1. The summed E-state index contributed by atoms with van der Waals surface area (Å²) in [4.78, 5) is 62.8. The van der Waals surface area contributed by atoms with Gasteiger partial charge in [0.15, 0.2) is 0 Å². The van der Waals surface area contributed by atoms with Crippen molar-refractivity contribution in [2.24, 2.45) is 17.8 Å². The van der Waals surface area contributed by atoms with E-state index in [1.165, 1.54) is 6.92 Å². The number of nitrogens with zero attached hydrogens (tertiary/aromatic N) is 1. The highest BCUT2D eigenvalue weighted by Gasteiger charge is 2.41. The van der Waals surface area contributed by atoms with Crippen LogP contribution in [0.1, 0.15) is 65.9 Å². The molecule has 0 radical (unpaired) electrons. The number of ether oxygens (including phenoxy) is 1. The molecule has 3 rings (SSSR count). The van der Waals surface area contributed by atoms with Crippen molar-refractivity contribution in [3.05, 3.63) is 41.1 Å². The van der Waals surface area contributed by atoms with Crippen LogP contribution in [0.4, 0.5) is 5.69 Å². The molecule has 1 heterocycles. The van der Waals surface area contributed by atoms with E-state index >= 15 is 0 Å². The average Bonchev–Trinajstić information content (AvgIpc) is 3.12. The monoisotopic (exact) mass is 540 g/mol. The van der Waals surface area contributed by atoms with E-state index in [1.807, 2.05) is 27.7 Å². The predicted molar refractivity (Wildman–Crippen MR) is 146 cm³/mol. The topological polar surface area (TPSA) is 134 Å². The summed E-state index contributed by atoms with van der Waals surface area (Å²) in [5.74, 6) is -1.97. The average molecular weight is 541 g/mol. The second kappa shape index (κ2) is 13.4. The summed E-state index contributed by atoms with van der Waals surface area (Å²) in [6.07, 6.45) is 2.94. The molecule has 1 aromatic carbocycles. The molecule has 39 heavy (non-hydrogen) atoms. The fraction of sp³-hybridized carbons (Fsp3) is 0.552. The number of carbonyl (C=O) groups is 5. The second-order valence-electron chi connectivity index (χ2n) is 10.9. The number of likely N-dealkylation sites (tertiary alicyclic amines) is 1. The Kier molecular flexibility index (Phi) is 10.3. The number of carbonyl (C=O) groups excluding carboxylic acids is 5. The van der Waals surface area contributed by atoms with Crippen molar-refractivity contribution in [3.8, 4) is 0 Å². The van der Waals surface area contributed by atoms with Gasteiger partial charge in [-0.05, 0) is 54.4 Å². The van der Waals surface area contributed by atoms with Crippen LogP contribution in [0.3, 0.4) is 0 Å². The van der Waals surface area contributed by atoms with E-state index < -0.39 is 11.9 Å². The lowest BCUT2D eigenvalue weighted by Gasteiger charge is -2.32. The van der Waals surface area contributed by atoms with Gasteiger partial charge in [-0.3, -0.25) is 28.9 Å². The van der Waals surface area contributed by atoms with Crippen molar-refractivity contribution in [1.82, 2.24) is 15.5 Å². The zero-order valence-electron chi connectivity index (χ0n) is 23.5. The van der Waals surface area contributed by atoms with E-state index in [9.17, 15) is 24.0 Å². The molecule has 2 fully saturated rings. The van der Waals surface area contributed by atoms with Crippen molar-refractivity contribution in [3.63, 3.8) is 0 Å². The lowest BCUT2D eigenvalue weighted by atomic mass is 9.85. The Labute approximate surface area is 229 Å². The van der Waals surface area contributed by atoms with Crippen LogP contribution >= 0.6 is 0 Å². The first kappa shape index (κ1) is 29.9. The predicted octanol–water partition coefficient (Wildman–Crippen LogP) is 2.89. The smallest absolute Gasteiger partial charge is 0.302 e. The number of anilines is 1. The van der Waals surface area contributed by atoms with Gasteiger partial charge in [-0.1, -0.05) is 39.8 Å². The molecule has 2 aliphatic rings. The Balaban J connectivity index is 1.60. The van der Waals surface area contributed by atoms with Gasteiger partial charge in [0, 0.05) is 30.6 Å². The molecule has 0 aromatic heterocycles. The van der Waals surface area contributed by atoms with Crippen molar-refractivity contribution in [2.75, 3.05) is 18.4 Å². The van der Waals surface area contributed by atoms with Gasteiger partial charge >= 0.3 is 5.97 Å². The molecule has 3 N–H and O–H groups in total. The SMILES string of the molecule is CC(=O)OCc1ccc(NC(=O)CNC(=C2CCC2)C(NC(=O)CN2C(=O)CC(C(C)C)C2=O)C(C)C)cc1. The summed E-state index contributed by atoms with van der Waals surface area (Å²) < 4.78 is 4.98. The summed E-state index contributed by atoms with van der Waals surface area (Å²) in [6, 6.07) is 6.64. The zero-order chi connectivity index (χ0) is 28.7. The van der Waals surface area contributed by atoms with Gasteiger partial charge in [-0.15, -0.1) is 0 Å². The van der Waals surface area contributed by atoms with Gasteiger partial charge in [-0.25, -0.2) is 0 Å². The summed E-state index contributed by atoms with van der Waals surface area (Å²) in [5, 5.41) is 9.10. The number of imide groups is 1. The van der Waals surface area contributed by atoms with Crippen LogP contribution < -0.4 is 16.0 Å². The van der Waals surface area contributed by atoms with Crippen molar-refractivity contribution >= 4 is 35.3 Å². The molecule has 1 aliphatic heterocycles. The van der Waals surface area contributed by atoms with Crippen LogP contribution in [0.15, 0.2) is 35.5 Å². The third kappa shape index (κ3) is 8.15. The maximum Gasteiger partial charge on any atom is 0.302 e. The Morgan fingerprint density at radius 3 is 2.21 bits per heavy atom. The molecular weight excluding hydrogens is 500 g/mol. The zero-order valence-corrected chi connectivity index (χ0v) is 23.5. The Morgan fingerprint density at radius 2 is 1.69 bits per heavy atom. The first-order valence-corrected chi connectivity index (χ1v) is 13.6. The number of esters is 1. The van der Waals surface area contributed by atoms with Crippen LogP contribution in [-0.4, -0.2) is 53.6 Å². The molecule has 2 unspecified atom stereocenters. The summed E-state index contributed by atoms with van der Waals surface area (Å²) in [5.41, 5.74) is 3.39. The molecule has 2 atom stereocenters. The highest BCUT2D eigenvalue weighted by atomic mass is 16.5. The van der Waals surface area contributed by atoms with Gasteiger partial charge in [0.05, 0.1) is 12.6 Å². The summed E-state index contributed by atoms with van der Waals surface area (Å²) >= 11 is 0. The molecular formula is C29H40N4O6. The summed E-state index contributed by atoms with van der Waals surface area (Å²) in [7, 11) is 0. The van der Waals surface area contributed by atoms with E-state index in [-0.39, 0.29) is 67.6 Å². The highest BCUT2D eigenvalue weighted by molar-refractivity contribution is 6.06. The van der Waals surface area contributed by atoms with E-state index in [0.717, 1.165) is 41.0 Å². The van der Waals surface area contributed by atoms with E-state index in [2.05, 4.69) is 16.0 Å². The van der Waals surface area contributed by atoms with Gasteiger partial charge in [0.1, 0.15) is 13.2 Å². The maximum atomic E-state index is 13.0. The largest absolute Gasteiger partial charge is 0.461 e. The van der Waals surface area contributed by atoms with Gasteiger partial charge in [0.25, 0.3) is 0 Å². The quantitative estimate of drug-likeness (QED) is 0.274. The molecule has 0 bridgehead atoms. The molecule has 1 aromatic rings. The van der Waals surface area contributed by atoms with Crippen molar-refractivity contribution in [2.45, 2.75) is 73.0 Å². The van der Waals surface area contributed by atoms with Crippen molar-refractivity contribution < 1.29 is 28.7 Å². The van der Waals surface area contributed by atoms with Crippen LogP contribution in [-0.2, 0) is 35.3 Å². The third-order valence-electron chi connectivity index (χ3n) is 7.14. The van der Waals surface area contributed by atoms with Gasteiger partial charge in [-0.2, -0.15) is 0 Å². The Morgan fingerprint density at radius 1 is 1.03 bits per heavy atom. The number of nitrogens with one attached hydrogen (secondary N) is 3. The second-order valence-corrected chi connectivity index (χ2v) is 10.9. The van der Waals surface area contributed by atoms with Crippen LogP contribution in [0.5, 0.6) is 0 Å². The first-order valence-electron chi connectivity index (χ1n) is 13.6. The lowest BCUT2D eigenvalue weighted by Crippen LogP contribution is -2.49. The highest BCUT2D eigenvalue weighted by Crippen LogP contribution is 2.31. The molecule has 10 heteroatoms. The maximum absolute atomic E-state index is 13.0. The van der Waals surface area contributed by atoms with Gasteiger partial charge in [0.2, 0.25) is 23.6 Å². The number of rotatable bonds is 12. The molecule has 212 valence electrons. The number of hydrogen-bond acceptors (Lipinski definition) is 7. The molecule has 1 saturated carbocycles. The van der Waals surface area contributed by atoms with Gasteiger partial charge < -0.3 is 20.7 Å². The molecule has 4 amide bonds. The Bertz CT molecular complexity index is 1120. The fourth-order valence-electron chi connectivity index (χ4n) is 4.66. The van der Waals surface area contributed by atoms with Crippen LogP contribution in [0.25, 0.3) is 0 Å². The number of hydrogen-bond donors (Lipinski definition) is 3. The third-order valence-corrected chi connectivity index (χ3v) is 7.14. The lowest BCUT2D eigenvalue weighted by molar-refractivity contribution is -0.144. The van der Waals surface area contributed by atoms with Crippen LogP contribution in [0.2, 0.25) is 0 Å². The van der Waals surface area contributed by atoms with E-state index in [0.29, 0.717) is 5.69 Å². The van der Waals surface area contributed by atoms with E-state index in [4.69, 9.17) is 4.74 Å². The fourth-order valence-corrected chi connectivity index (χ4v) is 4.66. The summed E-state index contributed by atoms with van der Waals surface area (Å²) in [6.45, 7) is 8.97. The minimum Gasteiger partial charge on any atom is -0.461 e. The minimum absolute atomic E-state index is 0.00534. The molecule has 1 saturated heterocycles. The standard InChI is InChI=1S/C29H40N4O6/c1-17(2)23-13-26(37)33(29(23)38)15-25(36)32-27(18(3)4)28(21-7-6-8-21)30-14-24(35)31-22-11-9-20(10-12-22)16-39-19(5)34/h9-12,17-18,23,27,30H,6-8,13-16H2,1-5H3,(H,31,35)(H,32,36). The minimum atomic E-state index is -0.405. The molecule has 1 aliphatic carbocycles. The van der Waals surface area contributed by atoms with Crippen molar-refractivity contribution in [1.29, 1.82) is 0 Å². The first-order chi connectivity index (χ1) is 18.5.